The smallest absolute Gasteiger partial charge is 0.372 e. The minimum absolute atomic E-state index is 0.0865. The summed E-state index contributed by atoms with van der Waals surface area (Å²) in [5.41, 5.74) is 0.976. The fourth-order valence-electron chi connectivity index (χ4n) is 1.77. The Balaban J connectivity index is 2.14. The molecule has 0 atom stereocenters. The van der Waals surface area contributed by atoms with Crippen LogP contribution in [0.4, 0.5) is 0 Å². The zero-order valence-electron chi connectivity index (χ0n) is 10.5. The van der Waals surface area contributed by atoms with E-state index in [0.717, 1.165) is 5.56 Å². The first-order chi connectivity index (χ1) is 9.58. The van der Waals surface area contributed by atoms with E-state index in [9.17, 15) is 14.4 Å². The van der Waals surface area contributed by atoms with Crippen LogP contribution in [-0.2, 0) is 16.1 Å². The van der Waals surface area contributed by atoms with Gasteiger partial charge in [-0.15, -0.1) is 0 Å². The van der Waals surface area contributed by atoms with E-state index < -0.39 is 24.0 Å². The van der Waals surface area contributed by atoms with Gasteiger partial charge in [0.25, 0.3) is 0 Å². The number of Topliss-reactive ketones (excluding diaryl/α,β-unsaturated/α-hetero) is 2. The van der Waals surface area contributed by atoms with Gasteiger partial charge in [-0.2, -0.15) is 0 Å². The first-order valence-corrected chi connectivity index (χ1v) is 5.92. The monoisotopic (exact) mass is 272 g/mol. The van der Waals surface area contributed by atoms with Crippen molar-refractivity contribution in [3.05, 3.63) is 54.1 Å². The highest BCUT2D eigenvalue weighted by atomic mass is 16.4. The quantitative estimate of drug-likeness (QED) is 0.484. The fraction of sp³-hybridized carbons (Fsp3) is 0.143. The van der Waals surface area contributed by atoms with Crippen LogP contribution in [0.15, 0.2) is 42.7 Å². The van der Waals surface area contributed by atoms with E-state index in [1.165, 1.54) is 6.20 Å². The number of imidazole rings is 1. The molecule has 0 aliphatic carbocycles. The van der Waals surface area contributed by atoms with E-state index >= 15 is 0 Å². The van der Waals surface area contributed by atoms with Crippen LogP contribution in [0.5, 0.6) is 0 Å². The van der Waals surface area contributed by atoms with Gasteiger partial charge >= 0.3 is 5.97 Å². The van der Waals surface area contributed by atoms with Crippen molar-refractivity contribution in [3.8, 4) is 0 Å². The predicted molar refractivity (Wildman–Crippen MR) is 69.4 cm³/mol. The summed E-state index contributed by atoms with van der Waals surface area (Å²) in [6, 6.07) is 9.44. The number of ketones is 2. The Morgan fingerprint density at radius 2 is 1.85 bits per heavy atom. The van der Waals surface area contributed by atoms with Crippen molar-refractivity contribution in [1.29, 1.82) is 0 Å². The second-order valence-corrected chi connectivity index (χ2v) is 4.19. The molecule has 2 aromatic rings. The van der Waals surface area contributed by atoms with Gasteiger partial charge in [0.2, 0.25) is 11.6 Å². The molecule has 1 heterocycles. The lowest BCUT2D eigenvalue weighted by Gasteiger charge is -2.06. The van der Waals surface area contributed by atoms with Gasteiger partial charge in [-0.25, -0.2) is 9.78 Å². The van der Waals surface area contributed by atoms with Gasteiger partial charge < -0.3 is 9.67 Å². The number of rotatable bonds is 6. The highest BCUT2D eigenvalue weighted by molar-refractivity contribution is 6.37. The molecule has 102 valence electrons. The number of carbonyl (C=O) groups is 3. The van der Waals surface area contributed by atoms with E-state index in [0.29, 0.717) is 6.54 Å². The zero-order chi connectivity index (χ0) is 14.5. The number of aliphatic carboxylic acids is 1. The van der Waals surface area contributed by atoms with Crippen LogP contribution in [0.3, 0.4) is 0 Å². The molecular weight excluding hydrogens is 260 g/mol. The Morgan fingerprint density at radius 3 is 2.50 bits per heavy atom. The van der Waals surface area contributed by atoms with E-state index in [1.807, 2.05) is 30.3 Å². The van der Waals surface area contributed by atoms with Crippen LogP contribution < -0.4 is 0 Å². The van der Waals surface area contributed by atoms with Crippen LogP contribution in [0.2, 0.25) is 0 Å². The molecule has 6 heteroatoms. The molecule has 0 aliphatic heterocycles. The molecule has 2 rings (SSSR count). The normalized spacial score (nSPS) is 10.2. The van der Waals surface area contributed by atoms with E-state index in [-0.39, 0.29) is 5.82 Å². The minimum atomic E-state index is -1.61. The Morgan fingerprint density at radius 1 is 1.15 bits per heavy atom. The second kappa shape index (κ2) is 5.92. The van der Waals surface area contributed by atoms with E-state index in [1.54, 1.807) is 10.8 Å². The van der Waals surface area contributed by atoms with Gasteiger partial charge in [0, 0.05) is 18.9 Å². The average molecular weight is 272 g/mol. The number of hydrogen-bond donors (Lipinski definition) is 1. The third kappa shape index (κ3) is 3.17. The van der Waals surface area contributed by atoms with Gasteiger partial charge in [0.1, 0.15) is 0 Å². The molecule has 0 unspecified atom stereocenters. The van der Waals surface area contributed by atoms with Crippen molar-refractivity contribution < 1.29 is 19.5 Å². The third-order valence-corrected chi connectivity index (χ3v) is 2.72. The van der Waals surface area contributed by atoms with Crippen LogP contribution in [0.1, 0.15) is 22.6 Å². The maximum absolute atomic E-state index is 11.9. The number of nitrogens with zero attached hydrogens (tertiary/aromatic N) is 2. The molecule has 0 amide bonds. The molecule has 0 aliphatic rings. The summed E-state index contributed by atoms with van der Waals surface area (Å²) in [6.45, 7) is 0.434. The fourth-order valence-corrected chi connectivity index (χ4v) is 1.77. The maximum Gasteiger partial charge on any atom is 0.372 e. The summed E-state index contributed by atoms with van der Waals surface area (Å²) < 4.78 is 1.59. The topological polar surface area (TPSA) is 89.3 Å². The number of carboxylic acid groups (broad SMARTS) is 1. The van der Waals surface area contributed by atoms with Crippen molar-refractivity contribution in [2.45, 2.75) is 13.0 Å². The van der Waals surface area contributed by atoms with Gasteiger partial charge in [-0.1, -0.05) is 30.3 Å². The van der Waals surface area contributed by atoms with Gasteiger partial charge in [-0.05, 0) is 5.56 Å². The number of aromatic nitrogens is 2. The maximum atomic E-state index is 11.9. The number of carboxylic acids is 1. The lowest BCUT2D eigenvalue weighted by molar-refractivity contribution is -0.148. The molecule has 1 aromatic heterocycles. The standard InChI is InChI=1S/C14H12N2O4/c17-11(8-12(18)14(19)20)13-15-6-7-16(13)9-10-4-2-1-3-5-10/h1-7H,8-9H2,(H,19,20). The Kier molecular flexibility index (Phi) is 4.05. The van der Waals surface area contributed by atoms with Crippen LogP contribution >= 0.6 is 0 Å². The molecular formula is C14H12N2O4. The summed E-state index contributed by atoms with van der Waals surface area (Å²) in [7, 11) is 0. The Labute approximate surface area is 114 Å². The SMILES string of the molecule is O=C(O)C(=O)CC(=O)c1nccn1Cc1ccccc1. The van der Waals surface area contributed by atoms with Crippen LogP contribution in [-0.4, -0.2) is 32.2 Å². The highest BCUT2D eigenvalue weighted by Crippen LogP contribution is 2.07. The van der Waals surface area contributed by atoms with Crippen molar-refractivity contribution in [1.82, 2.24) is 9.55 Å². The van der Waals surface area contributed by atoms with Gasteiger partial charge in [0.05, 0.1) is 6.42 Å². The molecule has 1 aromatic carbocycles. The largest absolute Gasteiger partial charge is 0.475 e. The molecule has 0 saturated carbocycles. The van der Waals surface area contributed by atoms with Crippen molar-refractivity contribution in [2.24, 2.45) is 0 Å². The molecule has 0 fully saturated rings. The van der Waals surface area contributed by atoms with Crippen LogP contribution in [0, 0.1) is 0 Å². The van der Waals surface area contributed by atoms with Crippen molar-refractivity contribution in [2.75, 3.05) is 0 Å². The Bertz CT molecular complexity index is 646. The summed E-state index contributed by atoms with van der Waals surface area (Å²) >= 11 is 0. The van der Waals surface area contributed by atoms with E-state index in [2.05, 4.69) is 4.98 Å². The molecule has 6 nitrogen and oxygen atoms in total. The lowest BCUT2D eigenvalue weighted by atomic mass is 10.2. The second-order valence-electron chi connectivity index (χ2n) is 4.19. The predicted octanol–water partition coefficient (Wildman–Crippen LogP) is 1.16. The van der Waals surface area contributed by atoms with Crippen molar-refractivity contribution in [3.63, 3.8) is 0 Å². The molecule has 0 bridgehead atoms. The number of benzene rings is 1. The molecule has 20 heavy (non-hydrogen) atoms. The summed E-state index contributed by atoms with van der Waals surface area (Å²) in [5.74, 6) is -3.26. The average Bonchev–Trinajstić information content (AvgIpc) is 2.88. The third-order valence-electron chi connectivity index (χ3n) is 2.72. The number of carbonyl (C=O) groups excluding carboxylic acids is 2. The summed E-state index contributed by atoms with van der Waals surface area (Å²) in [4.78, 5) is 37.3. The lowest BCUT2D eigenvalue weighted by Crippen LogP contribution is -2.20. The summed E-state index contributed by atoms with van der Waals surface area (Å²) in [6.07, 6.45) is 2.38. The zero-order valence-corrected chi connectivity index (χ0v) is 10.5. The molecule has 0 saturated heterocycles. The van der Waals surface area contributed by atoms with E-state index in [4.69, 9.17) is 5.11 Å². The summed E-state index contributed by atoms with van der Waals surface area (Å²) in [5, 5.41) is 8.50. The van der Waals surface area contributed by atoms with Crippen molar-refractivity contribution >= 4 is 17.5 Å². The van der Waals surface area contributed by atoms with Crippen LogP contribution in [0.25, 0.3) is 0 Å². The highest BCUT2D eigenvalue weighted by Gasteiger charge is 2.21. The number of hydrogen-bond acceptors (Lipinski definition) is 4. The van der Waals surface area contributed by atoms with Gasteiger partial charge in [-0.3, -0.25) is 9.59 Å². The minimum Gasteiger partial charge on any atom is -0.475 e. The Hall–Kier alpha value is -2.76. The van der Waals surface area contributed by atoms with Gasteiger partial charge in [0.15, 0.2) is 5.82 Å². The molecule has 1 N–H and O–H groups in total. The molecule has 0 spiro atoms. The first-order valence-electron chi connectivity index (χ1n) is 5.92. The first kappa shape index (κ1) is 13.7. The molecule has 0 radical (unpaired) electrons.